The Bertz CT molecular complexity index is 394. The first kappa shape index (κ1) is 14.6. The van der Waals surface area contributed by atoms with E-state index in [-0.39, 0.29) is 10.6 Å². The van der Waals surface area contributed by atoms with E-state index in [0.717, 1.165) is 6.54 Å². The third-order valence-electron chi connectivity index (χ3n) is 3.16. The van der Waals surface area contributed by atoms with E-state index in [0.29, 0.717) is 30.5 Å². The largest absolute Gasteiger partial charge is 0.330 e. The fourth-order valence-corrected chi connectivity index (χ4v) is 1.82. The van der Waals surface area contributed by atoms with Crippen molar-refractivity contribution in [3.05, 3.63) is 39.9 Å². The summed E-state index contributed by atoms with van der Waals surface area (Å²) in [4.78, 5) is 10.5. The van der Waals surface area contributed by atoms with Crippen LogP contribution in [0.3, 0.4) is 0 Å². The third kappa shape index (κ3) is 4.09. The highest BCUT2D eigenvalue weighted by molar-refractivity contribution is 5.39. The second-order valence-electron chi connectivity index (χ2n) is 4.76. The lowest BCUT2D eigenvalue weighted by Crippen LogP contribution is -2.31. The fraction of sp³-hybridized carbons (Fsp3) is 0.538. The Balaban J connectivity index is 2.56. The highest BCUT2D eigenvalue weighted by atomic mass is 16.6. The Kier molecular flexibility index (Phi) is 5.74. The molecule has 0 fully saturated rings. The van der Waals surface area contributed by atoms with Gasteiger partial charge in [-0.05, 0) is 24.9 Å². The van der Waals surface area contributed by atoms with Crippen molar-refractivity contribution >= 4 is 5.69 Å². The summed E-state index contributed by atoms with van der Waals surface area (Å²) in [5.41, 5.74) is 6.56. The molecule has 1 aromatic rings. The number of nitrogens with one attached hydrogen (secondary N) is 1. The molecular weight excluding hydrogens is 230 g/mol. The molecule has 1 rings (SSSR count). The van der Waals surface area contributed by atoms with Crippen molar-refractivity contribution in [2.75, 3.05) is 13.1 Å². The standard InChI is InChI=1S/C13H21N3O2/c1-10(2)12(7-14)9-15-8-11-5-3-4-6-13(11)16(17)18/h3-6,10,12,15H,7-9,14H2,1-2H3. The number of rotatable bonds is 7. The van der Waals surface area contributed by atoms with Gasteiger partial charge in [0.05, 0.1) is 4.92 Å². The number of benzene rings is 1. The molecular formula is C13H21N3O2. The average molecular weight is 251 g/mol. The van der Waals surface area contributed by atoms with Crippen molar-refractivity contribution in [1.82, 2.24) is 5.32 Å². The van der Waals surface area contributed by atoms with Crippen molar-refractivity contribution in [2.45, 2.75) is 20.4 Å². The molecule has 0 aliphatic rings. The van der Waals surface area contributed by atoms with Gasteiger partial charge in [-0.15, -0.1) is 0 Å². The molecule has 0 aliphatic heterocycles. The van der Waals surface area contributed by atoms with Crippen molar-refractivity contribution in [3.63, 3.8) is 0 Å². The van der Waals surface area contributed by atoms with Crippen LogP contribution in [-0.4, -0.2) is 18.0 Å². The van der Waals surface area contributed by atoms with Gasteiger partial charge in [0.15, 0.2) is 0 Å². The van der Waals surface area contributed by atoms with Crippen LogP contribution in [0.1, 0.15) is 19.4 Å². The Morgan fingerprint density at radius 2 is 2.06 bits per heavy atom. The first-order chi connectivity index (χ1) is 8.56. The van der Waals surface area contributed by atoms with E-state index < -0.39 is 0 Å². The van der Waals surface area contributed by atoms with Gasteiger partial charge in [-0.1, -0.05) is 32.0 Å². The van der Waals surface area contributed by atoms with Crippen LogP contribution in [0.25, 0.3) is 0 Å². The van der Waals surface area contributed by atoms with Crippen molar-refractivity contribution in [2.24, 2.45) is 17.6 Å². The summed E-state index contributed by atoms with van der Waals surface area (Å²) in [7, 11) is 0. The molecule has 0 spiro atoms. The number of nitro benzene ring substituents is 1. The highest BCUT2D eigenvalue weighted by Gasteiger charge is 2.14. The van der Waals surface area contributed by atoms with Crippen LogP contribution in [0, 0.1) is 22.0 Å². The number of nitrogens with two attached hydrogens (primary N) is 1. The molecule has 1 unspecified atom stereocenters. The minimum Gasteiger partial charge on any atom is -0.330 e. The monoisotopic (exact) mass is 251 g/mol. The average Bonchev–Trinajstić information content (AvgIpc) is 2.34. The van der Waals surface area contributed by atoms with E-state index in [1.54, 1.807) is 12.1 Å². The topological polar surface area (TPSA) is 81.2 Å². The van der Waals surface area contributed by atoms with Gasteiger partial charge < -0.3 is 11.1 Å². The summed E-state index contributed by atoms with van der Waals surface area (Å²) in [6.45, 7) is 6.16. The van der Waals surface area contributed by atoms with E-state index >= 15 is 0 Å². The van der Waals surface area contributed by atoms with E-state index in [1.807, 2.05) is 6.07 Å². The summed E-state index contributed by atoms with van der Waals surface area (Å²) >= 11 is 0. The van der Waals surface area contributed by atoms with Crippen LogP contribution in [0.15, 0.2) is 24.3 Å². The van der Waals surface area contributed by atoms with Gasteiger partial charge in [0.2, 0.25) is 0 Å². The van der Waals surface area contributed by atoms with Crippen molar-refractivity contribution in [3.8, 4) is 0 Å². The second-order valence-corrected chi connectivity index (χ2v) is 4.76. The lowest BCUT2D eigenvalue weighted by molar-refractivity contribution is -0.385. The lowest BCUT2D eigenvalue weighted by Gasteiger charge is -2.19. The molecule has 5 nitrogen and oxygen atoms in total. The number of para-hydroxylation sites is 1. The smallest absolute Gasteiger partial charge is 0.273 e. The first-order valence-corrected chi connectivity index (χ1v) is 6.19. The van der Waals surface area contributed by atoms with Crippen LogP contribution in [0.2, 0.25) is 0 Å². The Labute approximate surface area is 108 Å². The zero-order valence-electron chi connectivity index (χ0n) is 10.9. The maximum absolute atomic E-state index is 10.8. The number of hydrogen-bond donors (Lipinski definition) is 2. The van der Waals surface area contributed by atoms with E-state index in [4.69, 9.17) is 5.73 Å². The van der Waals surface area contributed by atoms with E-state index in [9.17, 15) is 10.1 Å². The molecule has 18 heavy (non-hydrogen) atoms. The molecule has 0 amide bonds. The van der Waals surface area contributed by atoms with Crippen LogP contribution < -0.4 is 11.1 Å². The molecule has 3 N–H and O–H groups in total. The van der Waals surface area contributed by atoms with Crippen LogP contribution in [0.5, 0.6) is 0 Å². The molecule has 0 aromatic heterocycles. The van der Waals surface area contributed by atoms with Crippen molar-refractivity contribution < 1.29 is 4.92 Å². The minimum absolute atomic E-state index is 0.166. The molecule has 1 atom stereocenters. The summed E-state index contributed by atoms with van der Waals surface area (Å²) in [5.74, 6) is 0.904. The van der Waals surface area contributed by atoms with Gasteiger partial charge in [-0.3, -0.25) is 10.1 Å². The third-order valence-corrected chi connectivity index (χ3v) is 3.16. The predicted molar refractivity (Wildman–Crippen MR) is 72.2 cm³/mol. The zero-order chi connectivity index (χ0) is 13.5. The first-order valence-electron chi connectivity index (χ1n) is 6.19. The minimum atomic E-state index is -0.347. The molecule has 0 saturated heterocycles. The predicted octanol–water partition coefficient (Wildman–Crippen LogP) is 1.92. The summed E-state index contributed by atoms with van der Waals surface area (Å²) in [6, 6.07) is 6.79. The molecule has 0 bridgehead atoms. The summed E-state index contributed by atoms with van der Waals surface area (Å²) in [6.07, 6.45) is 0. The van der Waals surface area contributed by atoms with E-state index in [1.165, 1.54) is 6.07 Å². The fourth-order valence-electron chi connectivity index (χ4n) is 1.82. The van der Waals surface area contributed by atoms with Gasteiger partial charge in [0, 0.05) is 18.2 Å². The molecule has 0 heterocycles. The van der Waals surface area contributed by atoms with E-state index in [2.05, 4.69) is 19.2 Å². The molecule has 0 saturated carbocycles. The zero-order valence-corrected chi connectivity index (χ0v) is 10.9. The molecule has 0 radical (unpaired) electrons. The highest BCUT2D eigenvalue weighted by Crippen LogP contribution is 2.17. The lowest BCUT2D eigenvalue weighted by atomic mass is 9.96. The Morgan fingerprint density at radius 1 is 1.39 bits per heavy atom. The Hall–Kier alpha value is -1.46. The van der Waals surface area contributed by atoms with Gasteiger partial charge in [0.25, 0.3) is 5.69 Å². The maximum Gasteiger partial charge on any atom is 0.273 e. The Morgan fingerprint density at radius 3 is 2.61 bits per heavy atom. The van der Waals surface area contributed by atoms with Crippen molar-refractivity contribution in [1.29, 1.82) is 0 Å². The maximum atomic E-state index is 10.8. The quantitative estimate of drug-likeness (QED) is 0.573. The summed E-state index contributed by atoms with van der Waals surface area (Å²) < 4.78 is 0. The summed E-state index contributed by atoms with van der Waals surface area (Å²) in [5, 5.41) is 14.1. The second kappa shape index (κ2) is 7.08. The number of hydrogen-bond acceptors (Lipinski definition) is 4. The number of nitrogens with zero attached hydrogens (tertiary/aromatic N) is 1. The molecule has 0 aliphatic carbocycles. The molecule has 1 aromatic carbocycles. The van der Waals surface area contributed by atoms with Crippen LogP contribution in [0.4, 0.5) is 5.69 Å². The molecule has 5 heteroatoms. The molecule has 100 valence electrons. The van der Waals surface area contributed by atoms with Crippen LogP contribution >= 0.6 is 0 Å². The van der Waals surface area contributed by atoms with Gasteiger partial charge in [0.1, 0.15) is 0 Å². The SMILES string of the molecule is CC(C)C(CN)CNCc1ccccc1[N+](=O)[O-]. The van der Waals surface area contributed by atoms with Gasteiger partial charge in [-0.25, -0.2) is 0 Å². The van der Waals surface area contributed by atoms with Gasteiger partial charge in [-0.2, -0.15) is 0 Å². The van der Waals surface area contributed by atoms with Gasteiger partial charge >= 0.3 is 0 Å². The normalized spacial score (nSPS) is 12.7. The number of nitro groups is 1. The van der Waals surface area contributed by atoms with Crippen LogP contribution in [-0.2, 0) is 6.54 Å².